The normalized spacial score (nSPS) is 13.9. The summed E-state index contributed by atoms with van der Waals surface area (Å²) >= 11 is 0. The van der Waals surface area contributed by atoms with Gasteiger partial charge in [0.15, 0.2) is 0 Å². The number of aromatic nitrogens is 1. The van der Waals surface area contributed by atoms with Crippen LogP contribution in [-0.2, 0) is 16.1 Å². The van der Waals surface area contributed by atoms with Gasteiger partial charge in [0.25, 0.3) is 5.91 Å². The zero-order valence-corrected chi connectivity index (χ0v) is 15.8. The predicted octanol–water partition coefficient (Wildman–Crippen LogP) is 2.66. The fourth-order valence-corrected chi connectivity index (χ4v) is 3.49. The summed E-state index contributed by atoms with van der Waals surface area (Å²) in [5.41, 5.74) is 8.66. The number of pyridine rings is 1. The number of likely N-dealkylation sites (tertiary alicyclic amines) is 1. The predicted molar refractivity (Wildman–Crippen MR) is 107 cm³/mol. The molecule has 4 rings (SSSR count). The smallest absolute Gasteiger partial charge is 0.267 e. The maximum Gasteiger partial charge on any atom is 0.267 e. The molecule has 0 spiro atoms. The highest BCUT2D eigenvalue weighted by molar-refractivity contribution is 6.02. The van der Waals surface area contributed by atoms with E-state index in [1.807, 2.05) is 36.4 Å². The largest absolute Gasteiger partial charge is 0.497 e. The van der Waals surface area contributed by atoms with Gasteiger partial charge in [-0.15, -0.1) is 0 Å². The van der Waals surface area contributed by atoms with Crippen molar-refractivity contribution in [2.75, 3.05) is 7.11 Å². The second-order valence-electron chi connectivity index (χ2n) is 6.87. The molecule has 0 saturated carbocycles. The Kier molecular flexibility index (Phi) is 4.72. The Labute approximate surface area is 167 Å². The van der Waals surface area contributed by atoms with Crippen LogP contribution in [0.3, 0.4) is 0 Å². The maximum absolute atomic E-state index is 11.9. The monoisotopic (exact) mass is 389 g/mol. The van der Waals surface area contributed by atoms with Crippen molar-refractivity contribution in [2.45, 2.75) is 19.4 Å². The summed E-state index contributed by atoms with van der Waals surface area (Å²) in [5, 5.41) is 0.836. The first-order valence-corrected chi connectivity index (χ1v) is 9.17. The van der Waals surface area contributed by atoms with Crippen LogP contribution in [0.2, 0.25) is 0 Å². The van der Waals surface area contributed by atoms with Crippen LogP contribution in [-0.4, -0.2) is 34.7 Å². The fraction of sp³-hybridized carbons (Fsp3) is 0.182. The Bertz CT molecular complexity index is 1120. The van der Waals surface area contributed by atoms with Crippen molar-refractivity contribution in [2.24, 2.45) is 5.73 Å². The van der Waals surface area contributed by atoms with Crippen LogP contribution >= 0.6 is 0 Å². The Morgan fingerprint density at radius 1 is 1.07 bits per heavy atom. The molecule has 0 radical (unpaired) electrons. The van der Waals surface area contributed by atoms with E-state index in [-0.39, 0.29) is 36.9 Å². The molecular weight excluding hydrogens is 370 g/mol. The summed E-state index contributed by atoms with van der Waals surface area (Å²) in [6.07, 6.45) is 0.496. The van der Waals surface area contributed by atoms with E-state index in [1.165, 1.54) is 4.90 Å². The van der Waals surface area contributed by atoms with Crippen molar-refractivity contribution < 1.29 is 19.1 Å². The molecule has 0 unspecified atom stereocenters. The van der Waals surface area contributed by atoms with Crippen LogP contribution in [0.4, 0.5) is 0 Å². The summed E-state index contributed by atoms with van der Waals surface area (Å²) in [6, 6.07) is 14.7. The number of carbonyl (C=O) groups excluding carboxylic acids is 3. The van der Waals surface area contributed by atoms with Crippen molar-refractivity contribution >= 4 is 28.6 Å². The molecular formula is C22H19N3O4. The average molecular weight is 389 g/mol. The van der Waals surface area contributed by atoms with Gasteiger partial charge in [0.1, 0.15) is 11.4 Å². The molecule has 3 amide bonds. The number of rotatable bonds is 5. The number of fused-ring (bicyclic) bond motifs is 1. The van der Waals surface area contributed by atoms with E-state index in [4.69, 9.17) is 10.5 Å². The van der Waals surface area contributed by atoms with E-state index in [0.717, 1.165) is 27.8 Å². The highest BCUT2D eigenvalue weighted by Gasteiger charge is 2.28. The number of primary amides is 1. The molecule has 1 saturated heterocycles. The van der Waals surface area contributed by atoms with E-state index in [1.54, 1.807) is 19.2 Å². The Balaban J connectivity index is 1.80. The number of nitrogens with two attached hydrogens (primary N) is 1. The van der Waals surface area contributed by atoms with Crippen LogP contribution in [0.5, 0.6) is 5.75 Å². The lowest BCUT2D eigenvalue weighted by molar-refractivity contribution is -0.139. The van der Waals surface area contributed by atoms with Gasteiger partial charge in [0.05, 0.1) is 19.2 Å². The van der Waals surface area contributed by atoms with E-state index >= 15 is 0 Å². The van der Waals surface area contributed by atoms with Gasteiger partial charge >= 0.3 is 0 Å². The molecule has 146 valence electrons. The molecule has 1 aliphatic heterocycles. The van der Waals surface area contributed by atoms with Gasteiger partial charge < -0.3 is 10.5 Å². The third-order valence-electron chi connectivity index (χ3n) is 5.02. The number of hydrogen-bond acceptors (Lipinski definition) is 5. The van der Waals surface area contributed by atoms with Crippen molar-refractivity contribution in [3.05, 3.63) is 59.8 Å². The molecule has 1 fully saturated rings. The standard InChI is InChI=1S/C22H19N3O4/c1-29-15-5-3-14(4-6-15)17-11-19(22(23)28)24-18-10-13(2-7-16(17)18)12-25-20(26)8-9-21(25)27/h2-7,10-11H,8-9,12H2,1H3,(H2,23,28). The second kappa shape index (κ2) is 7.35. The van der Waals surface area contributed by atoms with Gasteiger partial charge in [-0.25, -0.2) is 4.98 Å². The van der Waals surface area contributed by atoms with E-state index in [0.29, 0.717) is 5.52 Å². The highest BCUT2D eigenvalue weighted by atomic mass is 16.5. The van der Waals surface area contributed by atoms with Gasteiger partial charge in [-0.3, -0.25) is 19.3 Å². The summed E-state index contributed by atoms with van der Waals surface area (Å²) in [5.74, 6) is -0.248. The van der Waals surface area contributed by atoms with Gasteiger partial charge in [-0.2, -0.15) is 0 Å². The Morgan fingerprint density at radius 3 is 2.38 bits per heavy atom. The molecule has 0 atom stereocenters. The van der Waals surface area contributed by atoms with Gasteiger partial charge in [0, 0.05) is 18.2 Å². The molecule has 7 nitrogen and oxygen atoms in total. The summed E-state index contributed by atoms with van der Waals surface area (Å²) < 4.78 is 5.20. The number of benzene rings is 2. The minimum absolute atomic E-state index is 0.147. The molecule has 0 aliphatic carbocycles. The van der Waals surface area contributed by atoms with Crippen molar-refractivity contribution in [3.63, 3.8) is 0 Å². The van der Waals surface area contributed by atoms with Crippen LogP contribution in [0.25, 0.3) is 22.0 Å². The zero-order chi connectivity index (χ0) is 20.5. The quantitative estimate of drug-likeness (QED) is 0.676. The van der Waals surface area contributed by atoms with Gasteiger partial charge in [-0.1, -0.05) is 24.3 Å². The Hall–Kier alpha value is -3.74. The van der Waals surface area contributed by atoms with E-state index in [2.05, 4.69) is 4.98 Å². The third-order valence-corrected chi connectivity index (χ3v) is 5.02. The van der Waals surface area contributed by atoms with Gasteiger partial charge in [0.2, 0.25) is 11.8 Å². The topological polar surface area (TPSA) is 103 Å². The molecule has 29 heavy (non-hydrogen) atoms. The van der Waals surface area contributed by atoms with Crippen molar-refractivity contribution in [3.8, 4) is 16.9 Å². The first-order valence-electron chi connectivity index (χ1n) is 9.17. The van der Waals surface area contributed by atoms with E-state index in [9.17, 15) is 14.4 Å². The summed E-state index contributed by atoms with van der Waals surface area (Å²) in [7, 11) is 1.60. The summed E-state index contributed by atoms with van der Waals surface area (Å²) in [6.45, 7) is 0.188. The maximum atomic E-state index is 11.9. The number of amides is 3. The minimum Gasteiger partial charge on any atom is -0.497 e. The van der Waals surface area contributed by atoms with Crippen LogP contribution in [0, 0.1) is 0 Å². The van der Waals surface area contributed by atoms with Crippen LogP contribution in [0.15, 0.2) is 48.5 Å². The molecule has 2 aromatic carbocycles. The SMILES string of the molecule is COc1ccc(-c2cc(C(N)=O)nc3cc(CN4C(=O)CCC4=O)ccc23)cc1. The molecule has 7 heteroatoms. The lowest BCUT2D eigenvalue weighted by Gasteiger charge is -2.15. The number of methoxy groups -OCH3 is 1. The number of imide groups is 1. The first kappa shape index (κ1) is 18.6. The Morgan fingerprint density at radius 2 is 1.76 bits per heavy atom. The number of hydrogen-bond donors (Lipinski definition) is 1. The fourth-order valence-electron chi connectivity index (χ4n) is 3.49. The van der Waals surface area contributed by atoms with Crippen molar-refractivity contribution in [1.82, 2.24) is 9.88 Å². The number of carbonyl (C=O) groups is 3. The second-order valence-corrected chi connectivity index (χ2v) is 6.87. The molecule has 2 heterocycles. The first-order chi connectivity index (χ1) is 14.0. The molecule has 1 aliphatic rings. The minimum atomic E-state index is -0.628. The molecule has 2 N–H and O–H groups in total. The third kappa shape index (κ3) is 3.54. The number of ether oxygens (including phenoxy) is 1. The average Bonchev–Trinajstić information content (AvgIpc) is 3.04. The highest BCUT2D eigenvalue weighted by Crippen LogP contribution is 2.31. The summed E-state index contributed by atoms with van der Waals surface area (Å²) in [4.78, 5) is 41.3. The molecule has 1 aromatic heterocycles. The van der Waals surface area contributed by atoms with Crippen molar-refractivity contribution in [1.29, 1.82) is 0 Å². The lowest BCUT2D eigenvalue weighted by Crippen LogP contribution is -2.28. The van der Waals surface area contributed by atoms with Crippen LogP contribution in [0.1, 0.15) is 28.9 Å². The van der Waals surface area contributed by atoms with Crippen LogP contribution < -0.4 is 10.5 Å². The lowest BCUT2D eigenvalue weighted by atomic mass is 9.98. The molecule has 3 aromatic rings. The van der Waals surface area contributed by atoms with E-state index < -0.39 is 5.91 Å². The molecule has 0 bridgehead atoms. The zero-order valence-electron chi connectivity index (χ0n) is 15.8. The van der Waals surface area contributed by atoms with Gasteiger partial charge in [-0.05, 0) is 41.0 Å². The number of nitrogens with zero attached hydrogens (tertiary/aromatic N) is 2.